The Morgan fingerprint density at radius 3 is 2.61 bits per heavy atom. The molecule has 3 unspecified atom stereocenters. The standard InChI is InChI=1S/C15H22N2.ClH/c16-15-8-4-7-13-10-17(11-14(13)15)9-12-5-2-1-3-6-12;/h1-3,5-6,13-15H,4,7-11,16H2;1H. The number of fused-ring (bicyclic) bond motifs is 1. The molecule has 2 fully saturated rings. The van der Waals surface area contributed by atoms with Gasteiger partial charge in [-0.15, -0.1) is 12.4 Å². The van der Waals surface area contributed by atoms with Crippen LogP contribution in [0.3, 0.4) is 0 Å². The van der Waals surface area contributed by atoms with Crippen LogP contribution in [0.2, 0.25) is 0 Å². The zero-order valence-corrected chi connectivity index (χ0v) is 11.6. The lowest BCUT2D eigenvalue weighted by Gasteiger charge is -2.29. The van der Waals surface area contributed by atoms with Crippen LogP contribution in [0, 0.1) is 11.8 Å². The smallest absolute Gasteiger partial charge is 0.0233 e. The van der Waals surface area contributed by atoms with Gasteiger partial charge in [0.1, 0.15) is 0 Å². The molecule has 1 aliphatic carbocycles. The summed E-state index contributed by atoms with van der Waals surface area (Å²) in [4.78, 5) is 2.59. The van der Waals surface area contributed by atoms with Crippen molar-refractivity contribution >= 4 is 12.4 Å². The van der Waals surface area contributed by atoms with E-state index in [4.69, 9.17) is 5.73 Å². The molecule has 1 saturated carbocycles. The predicted molar refractivity (Wildman–Crippen MR) is 77.8 cm³/mol. The molecule has 100 valence electrons. The number of rotatable bonds is 2. The highest BCUT2D eigenvalue weighted by Gasteiger charge is 2.38. The maximum absolute atomic E-state index is 6.25. The molecule has 1 aliphatic heterocycles. The van der Waals surface area contributed by atoms with Gasteiger partial charge >= 0.3 is 0 Å². The Hall–Kier alpha value is -0.570. The van der Waals surface area contributed by atoms with Crippen molar-refractivity contribution < 1.29 is 0 Å². The van der Waals surface area contributed by atoms with Gasteiger partial charge in [-0.2, -0.15) is 0 Å². The molecule has 0 amide bonds. The molecule has 0 aromatic heterocycles. The summed E-state index contributed by atoms with van der Waals surface area (Å²) >= 11 is 0. The van der Waals surface area contributed by atoms with Crippen LogP contribution in [0.25, 0.3) is 0 Å². The molecule has 1 heterocycles. The molecule has 1 aromatic rings. The topological polar surface area (TPSA) is 29.3 Å². The second kappa shape index (κ2) is 6.05. The quantitative estimate of drug-likeness (QED) is 0.892. The van der Waals surface area contributed by atoms with Gasteiger partial charge in [0.25, 0.3) is 0 Å². The fourth-order valence-corrected chi connectivity index (χ4v) is 3.58. The minimum Gasteiger partial charge on any atom is -0.327 e. The van der Waals surface area contributed by atoms with Gasteiger partial charge in [-0.25, -0.2) is 0 Å². The SMILES string of the molecule is Cl.NC1CCCC2CN(Cc3ccccc3)CC12. The molecule has 3 atom stereocenters. The summed E-state index contributed by atoms with van der Waals surface area (Å²) in [6.07, 6.45) is 3.96. The molecule has 1 aromatic carbocycles. The first-order chi connectivity index (χ1) is 8.33. The van der Waals surface area contributed by atoms with E-state index in [1.165, 1.54) is 37.9 Å². The van der Waals surface area contributed by atoms with Crippen LogP contribution in [0.4, 0.5) is 0 Å². The Kier molecular flexibility index (Phi) is 4.66. The Bertz CT molecular complexity index is 368. The van der Waals surface area contributed by atoms with E-state index in [9.17, 15) is 0 Å². The van der Waals surface area contributed by atoms with Crippen LogP contribution < -0.4 is 5.73 Å². The van der Waals surface area contributed by atoms with Crippen molar-refractivity contribution in [3.63, 3.8) is 0 Å². The Morgan fingerprint density at radius 2 is 1.89 bits per heavy atom. The molecular formula is C15H23ClN2. The van der Waals surface area contributed by atoms with Crippen LogP contribution in [0.1, 0.15) is 24.8 Å². The minimum absolute atomic E-state index is 0. The van der Waals surface area contributed by atoms with Gasteiger partial charge in [0, 0.05) is 25.7 Å². The molecule has 0 radical (unpaired) electrons. The molecule has 0 bridgehead atoms. The molecular weight excluding hydrogens is 244 g/mol. The molecule has 2 N–H and O–H groups in total. The molecule has 18 heavy (non-hydrogen) atoms. The number of hydrogen-bond donors (Lipinski definition) is 1. The Morgan fingerprint density at radius 1 is 1.11 bits per heavy atom. The highest BCUT2D eigenvalue weighted by Crippen LogP contribution is 2.35. The lowest BCUT2D eigenvalue weighted by molar-refractivity contribution is 0.259. The van der Waals surface area contributed by atoms with Gasteiger partial charge < -0.3 is 5.73 Å². The van der Waals surface area contributed by atoms with Crippen molar-refractivity contribution in [1.82, 2.24) is 4.90 Å². The van der Waals surface area contributed by atoms with Crippen molar-refractivity contribution in [3.05, 3.63) is 35.9 Å². The minimum atomic E-state index is 0. The Balaban J connectivity index is 0.00000120. The molecule has 3 heteroatoms. The zero-order chi connectivity index (χ0) is 11.7. The molecule has 3 rings (SSSR count). The van der Waals surface area contributed by atoms with E-state index in [1.54, 1.807) is 0 Å². The van der Waals surface area contributed by atoms with Crippen LogP contribution in [-0.2, 0) is 6.54 Å². The summed E-state index contributed by atoms with van der Waals surface area (Å²) in [6.45, 7) is 3.56. The third-order valence-corrected chi connectivity index (χ3v) is 4.48. The van der Waals surface area contributed by atoms with Gasteiger partial charge in [0.2, 0.25) is 0 Å². The molecule has 2 aliphatic rings. The van der Waals surface area contributed by atoms with Gasteiger partial charge in [0.15, 0.2) is 0 Å². The van der Waals surface area contributed by atoms with Crippen molar-refractivity contribution in [2.45, 2.75) is 31.8 Å². The second-order valence-corrected chi connectivity index (χ2v) is 5.70. The van der Waals surface area contributed by atoms with Crippen LogP contribution >= 0.6 is 12.4 Å². The first-order valence-corrected chi connectivity index (χ1v) is 6.85. The number of benzene rings is 1. The number of nitrogens with zero attached hydrogens (tertiary/aromatic N) is 1. The van der Waals surface area contributed by atoms with E-state index in [1.807, 2.05) is 0 Å². The average molecular weight is 267 g/mol. The number of halogens is 1. The van der Waals surface area contributed by atoms with E-state index in [-0.39, 0.29) is 12.4 Å². The maximum atomic E-state index is 6.25. The first-order valence-electron chi connectivity index (χ1n) is 6.85. The average Bonchev–Trinajstić information content (AvgIpc) is 2.74. The monoisotopic (exact) mass is 266 g/mol. The second-order valence-electron chi connectivity index (χ2n) is 5.70. The van der Waals surface area contributed by atoms with Gasteiger partial charge in [0.05, 0.1) is 0 Å². The summed E-state index contributed by atoms with van der Waals surface area (Å²) in [5, 5.41) is 0. The number of hydrogen-bond acceptors (Lipinski definition) is 2. The summed E-state index contributed by atoms with van der Waals surface area (Å²) in [5.74, 6) is 1.62. The fraction of sp³-hybridized carbons (Fsp3) is 0.600. The van der Waals surface area contributed by atoms with Crippen LogP contribution in [0.5, 0.6) is 0 Å². The molecule has 0 spiro atoms. The van der Waals surface area contributed by atoms with Gasteiger partial charge in [-0.3, -0.25) is 4.90 Å². The molecule has 2 nitrogen and oxygen atoms in total. The summed E-state index contributed by atoms with van der Waals surface area (Å²) < 4.78 is 0. The normalized spacial score (nSPS) is 31.7. The van der Waals surface area contributed by atoms with E-state index in [0.717, 1.165) is 18.4 Å². The zero-order valence-electron chi connectivity index (χ0n) is 10.8. The van der Waals surface area contributed by atoms with Crippen molar-refractivity contribution in [2.75, 3.05) is 13.1 Å². The summed E-state index contributed by atoms with van der Waals surface area (Å²) in [5.41, 5.74) is 7.68. The van der Waals surface area contributed by atoms with Crippen molar-refractivity contribution in [1.29, 1.82) is 0 Å². The molecule has 1 saturated heterocycles. The van der Waals surface area contributed by atoms with Gasteiger partial charge in [-0.1, -0.05) is 36.8 Å². The van der Waals surface area contributed by atoms with Crippen LogP contribution in [-0.4, -0.2) is 24.0 Å². The van der Waals surface area contributed by atoms with Crippen molar-refractivity contribution in [3.8, 4) is 0 Å². The summed E-state index contributed by atoms with van der Waals surface area (Å²) in [7, 11) is 0. The van der Waals surface area contributed by atoms with E-state index >= 15 is 0 Å². The van der Waals surface area contributed by atoms with E-state index in [0.29, 0.717) is 6.04 Å². The van der Waals surface area contributed by atoms with Gasteiger partial charge in [-0.05, 0) is 30.2 Å². The summed E-state index contributed by atoms with van der Waals surface area (Å²) in [6, 6.07) is 11.2. The fourth-order valence-electron chi connectivity index (χ4n) is 3.58. The van der Waals surface area contributed by atoms with Crippen molar-refractivity contribution in [2.24, 2.45) is 17.6 Å². The highest BCUT2D eigenvalue weighted by atomic mass is 35.5. The van der Waals surface area contributed by atoms with E-state index in [2.05, 4.69) is 35.2 Å². The predicted octanol–water partition coefficient (Wildman–Crippen LogP) is 2.67. The number of likely N-dealkylation sites (tertiary alicyclic amines) is 1. The third-order valence-electron chi connectivity index (χ3n) is 4.48. The maximum Gasteiger partial charge on any atom is 0.0233 e. The Labute approximate surface area is 116 Å². The first kappa shape index (κ1) is 13.9. The highest BCUT2D eigenvalue weighted by molar-refractivity contribution is 5.85. The lowest BCUT2D eigenvalue weighted by atomic mass is 9.78. The van der Waals surface area contributed by atoms with E-state index < -0.39 is 0 Å². The third kappa shape index (κ3) is 2.87. The van der Waals surface area contributed by atoms with Crippen LogP contribution in [0.15, 0.2) is 30.3 Å². The number of nitrogens with two attached hydrogens (primary N) is 1. The largest absolute Gasteiger partial charge is 0.327 e. The lowest BCUT2D eigenvalue weighted by Crippen LogP contribution is -2.38.